The van der Waals surface area contributed by atoms with Crippen molar-refractivity contribution in [3.8, 4) is 0 Å². The zero-order valence-electron chi connectivity index (χ0n) is 15.7. The highest BCUT2D eigenvalue weighted by atomic mass is 19.4. The highest BCUT2D eigenvalue weighted by molar-refractivity contribution is 5.87. The number of hydrogen-bond donors (Lipinski definition) is 1. The molecule has 2 unspecified atom stereocenters. The van der Waals surface area contributed by atoms with Crippen molar-refractivity contribution in [1.29, 1.82) is 0 Å². The highest BCUT2D eigenvalue weighted by Gasteiger charge is 2.43. The third-order valence-electron chi connectivity index (χ3n) is 5.51. The lowest BCUT2D eigenvalue weighted by Gasteiger charge is -2.47. The van der Waals surface area contributed by atoms with E-state index in [0.29, 0.717) is 18.8 Å². The molecular formula is C19H24F3N3O3. The van der Waals surface area contributed by atoms with Crippen LogP contribution in [-0.4, -0.2) is 71.6 Å². The van der Waals surface area contributed by atoms with Crippen LogP contribution in [0.4, 0.5) is 23.7 Å². The number of halogens is 3. The molecule has 1 aromatic rings. The molecule has 154 valence electrons. The van der Waals surface area contributed by atoms with E-state index in [-0.39, 0.29) is 12.3 Å². The van der Waals surface area contributed by atoms with Crippen molar-refractivity contribution in [2.75, 3.05) is 37.6 Å². The number of likely N-dealkylation sites (tertiary alicyclic amines) is 1. The van der Waals surface area contributed by atoms with E-state index in [1.165, 1.54) is 19.1 Å². The maximum atomic E-state index is 12.9. The Morgan fingerprint density at radius 3 is 2.18 bits per heavy atom. The molecule has 0 aromatic heterocycles. The largest absolute Gasteiger partial charge is 0.465 e. The number of carbonyl (C=O) groups is 2. The molecule has 2 saturated heterocycles. The van der Waals surface area contributed by atoms with E-state index in [1.807, 2.05) is 4.90 Å². The monoisotopic (exact) mass is 399 g/mol. The topological polar surface area (TPSA) is 64.1 Å². The van der Waals surface area contributed by atoms with Gasteiger partial charge in [0.05, 0.1) is 11.6 Å². The van der Waals surface area contributed by atoms with Crippen LogP contribution in [0.1, 0.15) is 25.3 Å². The minimum atomic E-state index is -4.42. The van der Waals surface area contributed by atoms with Crippen molar-refractivity contribution in [2.45, 2.75) is 38.0 Å². The third kappa shape index (κ3) is 4.24. The molecule has 2 aliphatic rings. The van der Waals surface area contributed by atoms with Crippen LogP contribution < -0.4 is 4.90 Å². The number of alkyl halides is 3. The van der Waals surface area contributed by atoms with E-state index in [2.05, 4.69) is 4.90 Å². The molecule has 2 fully saturated rings. The van der Waals surface area contributed by atoms with Gasteiger partial charge in [-0.2, -0.15) is 13.2 Å². The first-order chi connectivity index (χ1) is 13.2. The number of ketones is 1. The van der Waals surface area contributed by atoms with Gasteiger partial charge in [-0.25, -0.2) is 4.79 Å². The Hall–Kier alpha value is -2.29. The van der Waals surface area contributed by atoms with Crippen molar-refractivity contribution >= 4 is 17.6 Å². The fraction of sp³-hybridized carbons (Fsp3) is 0.579. The summed E-state index contributed by atoms with van der Waals surface area (Å²) in [5, 5.41) is 9.54. The van der Waals surface area contributed by atoms with E-state index in [9.17, 15) is 27.9 Å². The van der Waals surface area contributed by atoms with Crippen LogP contribution in [0.15, 0.2) is 24.3 Å². The molecule has 0 radical (unpaired) electrons. The number of amides is 1. The average Bonchev–Trinajstić information content (AvgIpc) is 3.13. The summed E-state index contributed by atoms with van der Waals surface area (Å²) >= 11 is 0. The second kappa shape index (κ2) is 7.98. The van der Waals surface area contributed by atoms with E-state index < -0.39 is 29.9 Å². The molecule has 2 atom stereocenters. The lowest BCUT2D eigenvalue weighted by molar-refractivity contribution is -0.137. The van der Waals surface area contributed by atoms with Crippen LogP contribution in [0.25, 0.3) is 0 Å². The van der Waals surface area contributed by atoms with Crippen LogP contribution in [0.3, 0.4) is 0 Å². The summed E-state index contributed by atoms with van der Waals surface area (Å²) in [4.78, 5) is 29.2. The van der Waals surface area contributed by atoms with Crippen LogP contribution in [0, 0.1) is 0 Å². The summed E-state index contributed by atoms with van der Waals surface area (Å²) in [6, 6.07) is 3.54. The van der Waals surface area contributed by atoms with E-state index >= 15 is 0 Å². The molecule has 1 N–H and O–H groups in total. The minimum absolute atomic E-state index is 0.122. The first-order valence-corrected chi connectivity index (χ1v) is 9.35. The molecule has 6 nitrogen and oxygen atoms in total. The molecule has 2 heterocycles. The predicted octanol–water partition coefficient (Wildman–Crippen LogP) is 2.93. The van der Waals surface area contributed by atoms with Gasteiger partial charge in [-0.15, -0.1) is 0 Å². The maximum absolute atomic E-state index is 12.9. The van der Waals surface area contributed by atoms with Crippen molar-refractivity contribution in [2.24, 2.45) is 0 Å². The molecule has 3 rings (SSSR count). The Balaban J connectivity index is 1.92. The third-order valence-corrected chi connectivity index (χ3v) is 5.51. The average molecular weight is 399 g/mol. The first-order valence-electron chi connectivity index (χ1n) is 9.35. The fourth-order valence-corrected chi connectivity index (χ4v) is 4.19. The van der Waals surface area contributed by atoms with Gasteiger partial charge in [-0.05, 0) is 57.1 Å². The van der Waals surface area contributed by atoms with Gasteiger partial charge in [0.25, 0.3) is 0 Å². The summed E-state index contributed by atoms with van der Waals surface area (Å²) in [7, 11) is 0. The number of anilines is 1. The molecule has 0 aliphatic carbocycles. The van der Waals surface area contributed by atoms with Crippen LogP contribution >= 0.6 is 0 Å². The summed E-state index contributed by atoms with van der Waals surface area (Å²) in [5.41, 5.74) is -0.173. The maximum Gasteiger partial charge on any atom is 0.416 e. The van der Waals surface area contributed by atoms with E-state index in [1.54, 1.807) is 0 Å². The lowest BCUT2D eigenvalue weighted by atomic mass is 9.96. The zero-order chi connectivity index (χ0) is 20.5. The number of carbonyl (C=O) groups excluding carboxylic acids is 1. The van der Waals surface area contributed by atoms with Crippen molar-refractivity contribution in [3.63, 3.8) is 0 Å². The Bertz CT molecular complexity index is 717. The molecule has 0 bridgehead atoms. The van der Waals surface area contributed by atoms with Crippen LogP contribution in [-0.2, 0) is 11.0 Å². The first kappa shape index (κ1) is 20.4. The Kier molecular flexibility index (Phi) is 5.83. The van der Waals surface area contributed by atoms with Gasteiger partial charge in [0.1, 0.15) is 6.04 Å². The predicted molar refractivity (Wildman–Crippen MR) is 97.5 cm³/mol. The summed E-state index contributed by atoms with van der Waals surface area (Å²) in [6.45, 7) is 4.05. The summed E-state index contributed by atoms with van der Waals surface area (Å²) in [5.74, 6) is -0.261. The smallest absolute Gasteiger partial charge is 0.416 e. The lowest BCUT2D eigenvalue weighted by Crippen LogP contribution is -2.66. The van der Waals surface area contributed by atoms with E-state index in [4.69, 9.17) is 0 Å². The Labute approximate surface area is 161 Å². The molecule has 1 amide bonds. The van der Waals surface area contributed by atoms with Gasteiger partial charge in [-0.3, -0.25) is 9.69 Å². The van der Waals surface area contributed by atoms with Crippen molar-refractivity contribution in [3.05, 3.63) is 29.8 Å². The van der Waals surface area contributed by atoms with Gasteiger partial charge >= 0.3 is 12.3 Å². The molecule has 28 heavy (non-hydrogen) atoms. The Morgan fingerprint density at radius 2 is 1.68 bits per heavy atom. The van der Waals surface area contributed by atoms with Gasteiger partial charge in [0.2, 0.25) is 0 Å². The zero-order valence-corrected chi connectivity index (χ0v) is 15.7. The number of piperazine rings is 1. The van der Waals surface area contributed by atoms with E-state index in [0.717, 1.165) is 43.0 Å². The van der Waals surface area contributed by atoms with Crippen LogP contribution in [0.2, 0.25) is 0 Å². The number of nitrogens with zero attached hydrogens (tertiary/aromatic N) is 3. The van der Waals surface area contributed by atoms with Crippen molar-refractivity contribution < 1.29 is 27.9 Å². The van der Waals surface area contributed by atoms with Gasteiger partial charge in [0.15, 0.2) is 5.78 Å². The summed E-state index contributed by atoms with van der Waals surface area (Å²) in [6.07, 6.45) is -3.49. The number of benzene rings is 1. The Morgan fingerprint density at radius 1 is 1.07 bits per heavy atom. The number of carboxylic acid groups (broad SMARTS) is 1. The molecule has 9 heteroatoms. The molecule has 0 saturated carbocycles. The number of hydrogen-bond acceptors (Lipinski definition) is 4. The molecule has 0 spiro atoms. The SMILES string of the molecule is CC(=O)C1C(CN2CCCC2)N(c2ccc(C(F)(F)F)cc2)CCN1C(=O)O. The second-order valence-electron chi connectivity index (χ2n) is 7.34. The summed E-state index contributed by atoms with van der Waals surface area (Å²) < 4.78 is 38.6. The molecule has 1 aromatic carbocycles. The van der Waals surface area contributed by atoms with Gasteiger partial charge in [0, 0.05) is 25.3 Å². The number of Topliss-reactive ketones (excluding diaryl/α,β-unsaturated/α-hetero) is 1. The standard InChI is InChI=1S/C19H24F3N3O3/c1-13(26)17-16(12-23-8-2-3-9-23)24(10-11-25(17)18(27)28)15-6-4-14(5-7-15)19(20,21)22/h4-7,16-17H,2-3,8-12H2,1H3,(H,27,28). The van der Waals surface area contributed by atoms with Crippen molar-refractivity contribution in [1.82, 2.24) is 9.80 Å². The number of rotatable bonds is 4. The van der Waals surface area contributed by atoms with Crippen LogP contribution in [0.5, 0.6) is 0 Å². The normalized spacial score (nSPS) is 23.9. The van der Waals surface area contributed by atoms with Gasteiger partial charge in [-0.1, -0.05) is 0 Å². The molecule has 2 aliphatic heterocycles. The van der Waals surface area contributed by atoms with Gasteiger partial charge < -0.3 is 14.9 Å². The molecular weight excluding hydrogens is 375 g/mol. The second-order valence-corrected chi connectivity index (χ2v) is 7.34. The quantitative estimate of drug-likeness (QED) is 0.844. The fourth-order valence-electron chi connectivity index (χ4n) is 4.19. The highest BCUT2D eigenvalue weighted by Crippen LogP contribution is 2.32. The minimum Gasteiger partial charge on any atom is -0.465 e.